The van der Waals surface area contributed by atoms with Crippen molar-refractivity contribution in [2.45, 2.75) is 57.8 Å². The van der Waals surface area contributed by atoms with Crippen LogP contribution in [0.15, 0.2) is 24.3 Å². The second-order valence-corrected chi connectivity index (χ2v) is 7.40. The average Bonchev–Trinajstić information content (AvgIpc) is 2.51. The Kier molecular flexibility index (Phi) is 5.44. The minimum Gasteiger partial charge on any atom is -0.351 e. The highest BCUT2D eigenvalue weighted by atomic mass is 19.4. The Balaban J connectivity index is 1.89. The van der Waals surface area contributed by atoms with Crippen LogP contribution in [0.1, 0.15) is 44.7 Å². The van der Waals surface area contributed by atoms with Gasteiger partial charge in [-0.3, -0.25) is 9.59 Å². The zero-order chi connectivity index (χ0) is 18.8. The van der Waals surface area contributed by atoms with Crippen LogP contribution in [0.3, 0.4) is 0 Å². The molecule has 2 unspecified atom stereocenters. The van der Waals surface area contributed by atoms with E-state index in [1.807, 2.05) is 29.6 Å². The Bertz CT molecular complexity index is 633. The number of carbonyl (C=O) groups is 2. The van der Waals surface area contributed by atoms with Gasteiger partial charge in [0.15, 0.2) is 0 Å². The normalized spacial score (nSPS) is 21.6. The Labute approximate surface area is 145 Å². The highest BCUT2D eigenvalue weighted by Gasteiger charge is 2.45. The van der Waals surface area contributed by atoms with Crippen molar-refractivity contribution < 1.29 is 22.8 Å². The number of piperidine rings is 1. The summed E-state index contributed by atoms with van der Waals surface area (Å²) in [5.74, 6) is -2.49. The molecule has 0 saturated carbocycles. The van der Waals surface area contributed by atoms with E-state index in [0.29, 0.717) is 0 Å². The zero-order valence-electron chi connectivity index (χ0n) is 14.5. The van der Waals surface area contributed by atoms with Crippen LogP contribution in [-0.2, 0) is 21.5 Å². The Hall–Kier alpha value is -2.05. The highest BCUT2D eigenvalue weighted by molar-refractivity contribution is 6.00. The lowest BCUT2D eigenvalue weighted by Crippen LogP contribution is -2.54. The molecular weight excluding hydrogens is 333 g/mol. The van der Waals surface area contributed by atoms with Gasteiger partial charge in [0.05, 0.1) is 0 Å². The van der Waals surface area contributed by atoms with Crippen molar-refractivity contribution >= 4 is 11.8 Å². The summed E-state index contributed by atoms with van der Waals surface area (Å²) in [7, 11) is 0. The molecule has 0 aromatic heterocycles. The number of alkyl halides is 3. The van der Waals surface area contributed by atoms with Gasteiger partial charge in [0, 0.05) is 6.54 Å². The van der Waals surface area contributed by atoms with E-state index in [1.54, 1.807) is 0 Å². The third kappa shape index (κ3) is 4.96. The van der Waals surface area contributed by atoms with E-state index in [2.05, 4.69) is 26.1 Å². The van der Waals surface area contributed by atoms with Crippen LogP contribution in [0.2, 0.25) is 0 Å². The van der Waals surface area contributed by atoms with Crippen LogP contribution < -0.4 is 10.6 Å². The fraction of sp³-hybridized carbons (Fsp3) is 0.556. The molecule has 4 nitrogen and oxygen atoms in total. The van der Waals surface area contributed by atoms with E-state index >= 15 is 0 Å². The van der Waals surface area contributed by atoms with Gasteiger partial charge in [-0.15, -0.1) is 0 Å². The van der Waals surface area contributed by atoms with Crippen LogP contribution in [0, 0.1) is 5.92 Å². The van der Waals surface area contributed by atoms with Crippen molar-refractivity contribution in [3.05, 3.63) is 35.4 Å². The summed E-state index contributed by atoms with van der Waals surface area (Å²) in [4.78, 5) is 23.9. The zero-order valence-corrected chi connectivity index (χ0v) is 14.5. The minimum absolute atomic E-state index is 0.0248. The van der Waals surface area contributed by atoms with Crippen LogP contribution in [-0.4, -0.2) is 24.0 Å². The lowest BCUT2D eigenvalue weighted by molar-refractivity contribution is -0.171. The van der Waals surface area contributed by atoms with Crippen LogP contribution in [0.4, 0.5) is 13.2 Å². The maximum atomic E-state index is 12.6. The van der Waals surface area contributed by atoms with Crippen LogP contribution >= 0.6 is 0 Å². The summed E-state index contributed by atoms with van der Waals surface area (Å²) in [6, 6.07) is 5.86. The van der Waals surface area contributed by atoms with E-state index in [0.717, 1.165) is 11.1 Å². The third-order valence-electron chi connectivity index (χ3n) is 4.38. The number of amides is 2. The van der Waals surface area contributed by atoms with Crippen LogP contribution in [0.25, 0.3) is 0 Å². The first-order valence-electron chi connectivity index (χ1n) is 8.22. The second-order valence-electron chi connectivity index (χ2n) is 7.40. The van der Waals surface area contributed by atoms with Gasteiger partial charge in [0.25, 0.3) is 0 Å². The van der Waals surface area contributed by atoms with Crippen molar-refractivity contribution in [2.75, 3.05) is 0 Å². The summed E-state index contributed by atoms with van der Waals surface area (Å²) < 4.78 is 37.8. The SMILES string of the molecule is CC(C)(C)c1ccc(CNC(=O)C2CCC(C(F)(F)F)NC2=O)cc1. The van der Waals surface area contributed by atoms with E-state index in [4.69, 9.17) is 0 Å². The van der Waals surface area contributed by atoms with E-state index in [1.165, 1.54) is 0 Å². The Morgan fingerprint density at radius 2 is 1.76 bits per heavy atom. The molecule has 7 heteroatoms. The van der Waals surface area contributed by atoms with Gasteiger partial charge >= 0.3 is 6.18 Å². The predicted octanol–water partition coefficient (Wildman–Crippen LogP) is 3.06. The topological polar surface area (TPSA) is 58.2 Å². The van der Waals surface area contributed by atoms with Gasteiger partial charge in [-0.1, -0.05) is 45.0 Å². The lowest BCUT2D eigenvalue weighted by Gasteiger charge is -2.29. The van der Waals surface area contributed by atoms with E-state index in [9.17, 15) is 22.8 Å². The number of rotatable bonds is 3. The molecule has 1 heterocycles. The molecule has 1 fully saturated rings. The molecule has 1 aromatic rings. The van der Waals surface area contributed by atoms with Gasteiger partial charge in [-0.05, 0) is 29.4 Å². The first kappa shape index (κ1) is 19.3. The van der Waals surface area contributed by atoms with Gasteiger partial charge in [-0.25, -0.2) is 0 Å². The Morgan fingerprint density at radius 1 is 1.16 bits per heavy atom. The molecule has 1 aromatic carbocycles. The average molecular weight is 356 g/mol. The monoisotopic (exact) mass is 356 g/mol. The number of nitrogens with one attached hydrogen (secondary N) is 2. The molecule has 1 aliphatic heterocycles. The molecule has 0 spiro atoms. The summed E-state index contributed by atoms with van der Waals surface area (Å²) in [5, 5.41) is 4.51. The predicted molar refractivity (Wildman–Crippen MR) is 87.7 cm³/mol. The highest BCUT2D eigenvalue weighted by Crippen LogP contribution is 2.28. The molecule has 2 amide bonds. The Morgan fingerprint density at radius 3 is 2.24 bits per heavy atom. The number of halogens is 3. The first-order valence-corrected chi connectivity index (χ1v) is 8.22. The lowest BCUT2D eigenvalue weighted by atomic mass is 9.87. The molecular formula is C18H23F3N2O2. The van der Waals surface area contributed by atoms with E-state index < -0.39 is 30.0 Å². The van der Waals surface area contributed by atoms with Gasteiger partial charge in [0.1, 0.15) is 12.0 Å². The standard InChI is InChI=1S/C18H23F3N2O2/c1-17(2,3)12-6-4-11(5-7-12)10-22-15(24)13-8-9-14(18(19,20)21)23-16(13)25/h4-7,13-14H,8-10H2,1-3H3,(H,22,24)(H,23,25). The fourth-order valence-electron chi connectivity index (χ4n) is 2.74. The van der Waals surface area contributed by atoms with E-state index in [-0.39, 0.29) is 24.8 Å². The maximum absolute atomic E-state index is 12.6. The minimum atomic E-state index is -4.48. The van der Waals surface area contributed by atoms with Gasteiger partial charge < -0.3 is 10.6 Å². The molecule has 1 saturated heterocycles. The van der Waals surface area contributed by atoms with Crippen molar-refractivity contribution in [1.82, 2.24) is 10.6 Å². The van der Waals surface area contributed by atoms with Crippen molar-refractivity contribution in [3.63, 3.8) is 0 Å². The number of benzene rings is 1. The second kappa shape index (κ2) is 7.06. The van der Waals surface area contributed by atoms with Crippen molar-refractivity contribution in [2.24, 2.45) is 5.92 Å². The summed E-state index contributed by atoms with van der Waals surface area (Å²) in [6.07, 6.45) is -4.87. The summed E-state index contributed by atoms with van der Waals surface area (Å²) >= 11 is 0. The molecule has 1 aliphatic rings. The number of carbonyl (C=O) groups excluding carboxylic acids is 2. The third-order valence-corrected chi connectivity index (χ3v) is 4.38. The van der Waals surface area contributed by atoms with Gasteiger partial charge in [-0.2, -0.15) is 13.2 Å². The maximum Gasteiger partial charge on any atom is 0.408 e. The van der Waals surface area contributed by atoms with Crippen molar-refractivity contribution in [1.29, 1.82) is 0 Å². The molecule has 25 heavy (non-hydrogen) atoms. The molecule has 0 bridgehead atoms. The molecule has 0 aliphatic carbocycles. The number of hydrogen-bond donors (Lipinski definition) is 2. The van der Waals surface area contributed by atoms with Gasteiger partial charge in [0.2, 0.25) is 11.8 Å². The van der Waals surface area contributed by atoms with Crippen LogP contribution in [0.5, 0.6) is 0 Å². The first-order chi connectivity index (χ1) is 11.5. The quantitative estimate of drug-likeness (QED) is 0.818. The van der Waals surface area contributed by atoms with Crippen molar-refractivity contribution in [3.8, 4) is 0 Å². The summed E-state index contributed by atoms with van der Waals surface area (Å²) in [6.45, 7) is 6.52. The molecule has 2 N–H and O–H groups in total. The summed E-state index contributed by atoms with van der Waals surface area (Å²) in [5.41, 5.74) is 2.05. The molecule has 2 atom stereocenters. The molecule has 0 radical (unpaired) electrons. The largest absolute Gasteiger partial charge is 0.408 e. The number of hydrogen-bond acceptors (Lipinski definition) is 2. The molecule has 138 valence electrons. The molecule has 2 rings (SSSR count). The fourth-order valence-corrected chi connectivity index (χ4v) is 2.74. The smallest absolute Gasteiger partial charge is 0.351 e.